The maximum absolute atomic E-state index is 12.1. The van der Waals surface area contributed by atoms with E-state index in [4.69, 9.17) is 5.73 Å². The molecule has 0 bridgehead atoms. The van der Waals surface area contributed by atoms with Crippen LogP contribution in [0.4, 0.5) is 0 Å². The second-order valence-corrected chi connectivity index (χ2v) is 7.14. The summed E-state index contributed by atoms with van der Waals surface area (Å²) < 4.78 is 1.20. The molecule has 26 heavy (non-hydrogen) atoms. The summed E-state index contributed by atoms with van der Waals surface area (Å²) >= 11 is 0. The van der Waals surface area contributed by atoms with Crippen LogP contribution in [-0.4, -0.2) is 61.9 Å². The van der Waals surface area contributed by atoms with Crippen LogP contribution in [0.1, 0.15) is 37.7 Å². The molecule has 3 atom stereocenters. The minimum atomic E-state index is -1.49. The molecular weight excluding hydrogens is 340 g/mol. The monoisotopic (exact) mass is 368 g/mol. The largest absolute Gasteiger partial charge is 0.390 e. The summed E-state index contributed by atoms with van der Waals surface area (Å²) in [5.74, 6) is -0.0365. The quantitative estimate of drug-likeness (QED) is 0.491. The van der Waals surface area contributed by atoms with Gasteiger partial charge in [0.05, 0.1) is 12.6 Å². The van der Waals surface area contributed by atoms with E-state index in [1.807, 2.05) is 0 Å². The molecule has 0 spiro atoms. The summed E-state index contributed by atoms with van der Waals surface area (Å²) in [7, 11) is 1.69. The highest BCUT2D eigenvalue weighted by atomic mass is 16.3. The number of nitrogens with one attached hydrogen (secondary N) is 1. The number of nitrogens with zero attached hydrogens (tertiary/aromatic N) is 2. The molecule has 1 aromatic heterocycles. The van der Waals surface area contributed by atoms with Gasteiger partial charge in [-0.1, -0.05) is 0 Å². The first-order chi connectivity index (χ1) is 12.2. The van der Waals surface area contributed by atoms with Crippen LogP contribution in [0.15, 0.2) is 15.8 Å². The molecule has 0 unspecified atom stereocenters. The lowest BCUT2D eigenvalue weighted by Gasteiger charge is -2.43. The average molecular weight is 368 g/mol. The van der Waals surface area contributed by atoms with Crippen molar-refractivity contribution in [3.63, 3.8) is 0 Å². The minimum Gasteiger partial charge on any atom is -0.390 e. The molecule has 2 rings (SSSR count). The molecule has 9 heteroatoms. The van der Waals surface area contributed by atoms with E-state index in [0.29, 0.717) is 31.4 Å². The van der Waals surface area contributed by atoms with E-state index in [2.05, 4.69) is 4.98 Å². The number of aromatic amines is 1. The van der Waals surface area contributed by atoms with Crippen LogP contribution in [0.2, 0.25) is 0 Å². The topological polar surface area (TPSA) is 142 Å². The molecule has 0 radical (unpaired) electrons. The highest BCUT2D eigenvalue weighted by molar-refractivity contribution is 5.76. The fraction of sp³-hybridized carbons (Fsp3) is 0.706. The predicted molar refractivity (Wildman–Crippen MR) is 95.7 cm³/mol. The van der Waals surface area contributed by atoms with E-state index >= 15 is 0 Å². The van der Waals surface area contributed by atoms with Crippen LogP contribution >= 0.6 is 0 Å². The van der Waals surface area contributed by atoms with Gasteiger partial charge in [-0.3, -0.25) is 19.1 Å². The van der Waals surface area contributed by atoms with Gasteiger partial charge in [0.2, 0.25) is 5.91 Å². The van der Waals surface area contributed by atoms with E-state index in [1.54, 1.807) is 18.9 Å². The molecular formula is C17H28N4O5. The molecule has 1 heterocycles. The normalized spacial score (nSPS) is 25.9. The Kier molecular flexibility index (Phi) is 6.38. The van der Waals surface area contributed by atoms with Crippen LogP contribution in [0.3, 0.4) is 0 Å². The van der Waals surface area contributed by atoms with Gasteiger partial charge < -0.3 is 20.8 Å². The first kappa shape index (κ1) is 20.3. The maximum Gasteiger partial charge on any atom is 0.328 e. The first-order valence-electron chi connectivity index (χ1n) is 8.84. The van der Waals surface area contributed by atoms with E-state index in [9.17, 15) is 24.6 Å². The third kappa shape index (κ3) is 4.40. The Morgan fingerprint density at radius 1 is 1.50 bits per heavy atom. The van der Waals surface area contributed by atoms with Crippen molar-refractivity contribution < 1.29 is 15.0 Å². The van der Waals surface area contributed by atoms with Crippen molar-refractivity contribution in [3.05, 3.63) is 32.6 Å². The number of hydrogen-bond donors (Lipinski definition) is 4. The lowest BCUT2D eigenvalue weighted by atomic mass is 9.79. The molecule has 0 aromatic carbocycles. The number of carbonyl (C=O) groups excluding carboxylic acids is 1. The van der Waals surface area contributed by atoms with Crippen LogP contribution in [0, 0.1) is 6.92 Å². The lowest BCUT2D eigenvalue weighted by Crippen LogP contribution is -2.55. The molecule has 1 saturated carbocycles. The molecule has 0 saturated heterocycles. The van der Waals surface area contributed by atoms with Gasteiger partial charge in [-0.25, -0.2) is 4.79 Å². The van der Waals surface area contributed by atoms with Crippen molar-refractivity contribution in [2.75, 3.05) is 13.6 Å². The summed E-state index contributed by atoms with van der Waals surface area (Å²) in [6.07, 6.45) is 2.21. The third-order valence-electron chi connectivity index (χ3n) is 5.20. The predicted octanol–water partition coefficient (Wildman–Crippen LogP) is -1.31. The van der Waals surface area contributed by atoms with Crippen LogP contribution in [-0.2, 0) is 11.3 Å². The fourth-order valence-corrected chi connectivity index (χ4v) is 3.38. The maximum atomic E-state index is 12.1. The number of rotatable bonds is 6. The minimum absolute atomic E-state index is 0.0365. The molecule has 146 valence electrons. The average Bonchev–Trinajstić information content (AvgIpc) is 2.59. The Morgan fingerprint density at radius 2 is 2.19 bits per heavy atom. The zero-order valence-electron chi connectivity index (χ0n) is 15.3. The number of aliphatic hydroxyl groups excluding tert-OH is 1. The number of aryl methyl sites for hydroxylation is 1. The lowest BCUT2D eigenvalue weighted by molar-refractivity contribution is -0.143. The SMILES string of the molecule is Cc1cn(C[C@]2(O)CC[C@H](N(C)C(=O)CCCN)C[C@H]2O)c(=O)[nH]c1=O. The van der Waals surface area contributed by atoms with E-state index in [1.165, 1.54) is 10.8 Å². The van der Waals surface area contributed by atoms with Crippen molar-refractivity contribution in [1.82, 2.24) is 14.5 Å². The summed E-state index contributed by atoms with van der Waals surface area (Å²) in [6, 6.07) is -0.176. The van der Waals surface area contributed by atoms with Crippen molar-refractivity contribution in [2.45, 2.75) is 63.3 Å². The Balaban J connectivity index is 2.07. The van der Waals surface area contributed by atoms with E-state index in [0.717, 1.165) is 0 Å². The van der Waals surface area contributed by atoms with Gasteiger partial charge in [0.15, 0.2) is 0 Å². The first-order valence-corrected chi connectivity index (χ1v) is 8.84. The third-order valence-corrected chi connectivity index (χ3v) is 5.20. The number of nitrogens with two attached hydrogens (primary N) is 1. The number of H-pyrrole nitrogens is 1. The fourth-order valence-electron chi connectivity index (χ4n) is 3.38. The molecule has 9 nitrogen and oxygen atoms in total. The van der Waals surface area contributed by atoms with E-state index in [-0.39, 0.29) is 31.3 Å². The number of carbonyl (C=O) groups is 1. The van der Waals surface area contributed by atoms with Crippen LogP contribution < -0.4 is 17.0 Å². The van der Waals surface area contributed by atoms with Gasteiger partial charge in [0, 0.05) is 31.3 Å². The van der Waals surface area contributed by atoms with Crippen LogP contribution in [0.25, 0.3) is 0 Å². The molecule has 5 N–H and O–H groups in total. The van der Waals surface area contributed by atoms with Gasteiger partial charge in [-0.15, -0.1) is 0 Å². The van der Waals surface area contributed by atoms with Crippen LogP contribution in [0.5, 0.6) is 0 Å². The van der Waals surface area contributed by atoms with Gasteiger partial charge >= 0.3 is 5.69 Å². The highest BCUT2D eigenvalue weighted by Crippen LogP contribution is 2.32. The van der Waals surface area contributed by atoms with Crippen molar-refractivity contribution in [3.8, 4) is 0 Å². The van der Waals surface area contributed by atoms with Gasteiger partial charge in [-0.2, -0.15) is 0 Å². The Morgan fingerprint density at radius 3 is 2.81 bits per heavy atom. The molecule has 1 amide bonds. The second kappa shape index (κ2) is 8.15. The molecule has 1 fully saturated rings. The number of aliphatic hydroxyl groups is 2. The molecule has 1 aliphatic rings. The Labute approximate surface area is 151 Å². The second-order valence-electron chi connectivity index (χ2n) is 7.14. The number of hydrogen-bond acceptors (Lipinski definition) is 6. The molecule has 0 aliphatic heterocycles. The summed E-state index contributed by atoms with van der Waals surface area (Å²) in [5, 5.41) is 21.3. The van der Waals surface area contributed by atoms with E-state index < -0.39 is 23.0 Å². The molecule has 1 aliphatic carbocycles. The van der Waals surface area contributed by atoms with Gasteiger partial charge in [0.25, 0.3) is 5.56 Å². The zero-order chi connectivity index (χ0) is 19.5. The van der Waals surface area contributed by atoms with Gasteiger partial charge in [-0.05, 0) is 39.2 Å². The summed E-state index contributed by atoms with van der Waals surface area (Å²) in [5.41, 5.74) is 3.18. The van der Waals surface area contributed by atoms with Crippen molar-refractivity contribution >= 4 is 5.91 Å². The zero-order valence-corrected chi connectivity index (χ0v) is 15.3. The Bertz CT molecular complexity index is 758. The number of aromatic nitrogens is 2. The van der Waals surface area contributed by atoms with Crippen molar-refractivity contribution in [1.29, 1.82) is 0 Å². The summed E-state index contributed by atoms with van der Waals surface area (Å²) in [4.78, 5) is 39.3. The van der Waals surface area contributed by atoms with Gasteiger partial charge in [0.1, 0.15) is 5.60 Å². The van der Waals surface area contributed by atoms with Crippen molar-refractivity contribution in [2.24, 2.45) is 5.73 Å². The standard InChI is InChI=1S/C17H28N4O5/c1-11-9-21(16(25)19-15(11)24)10-17(26)6-5-12(8-13(17)22)20(2)14(23)4-3-7-18/h9,12-13,22,26H,3-8,10,18H2,1-2H3,(H,19,24,25)/t12-,13+,17+/m0/s1. The highest BCUT2D eigenvalue weighted by Gasteiger charge is 2.43. The Hall–Kier alpha value is -1.97. The smallest absolute Gasteiger partial charge is 0.328 e. The molecule has 1 aromatic rings. The summed E-state index contributed by atoms with van der Waals surface area (Å²) in [6.45, 7) is 1.89. The number of amides is 1.